The minimum atomic E-state index is -4.15. The Morgan fingerprint density at radius 1 is 0.966 bits per heavy atom. The second-order valence-corrected chi connectivity index (χ2v) is 22.0. The van der Waals surface area contributed by atoms with E-state index in [-0.39, 0.29) is 16.7 Å². The zero-order chi connectivity index (χ0) is 23.3. The SMILES string of the molecule is CC(C)(C)[Si](C)(C)OCC1OC(OS(C)(=O)=O)C(F)(F)C1O[Si](C)(C)C(C)(C)C. The molecule has 1 aliphatic rings. The molecule has 1 rings (SSSR count). The van der Waals surface area contributed by atoms with E-state index in [1.54, 1.807) is 0 Å². The number of halogens is 2. The van der Waals surface area contributed by atoms with Crippen molar-refractivity contribution < 1.29 is 35.0 Å². The fourth-order valence-electron chi connectivity index (χ4n) is 2.23. The summed E-state index contributed by atoms with van der Waals surface area (Å²) in [4.78, 5) is 0. The molecule has 0 spiro atoms. The highest BCUT2D eigenvalue weighted by Gasteiger charge is 2.63. The molecule has 29 heavy (non-hydrogen) atoms. The van der Waals surface area contributed by atoms with E-state index in [0.29, 0.717) is 0 Å². The third-order valence-corrected chi connectivity index (χ3v) is 15.7. The van der Waals surface area contributed by atoms with Gasteiger partial charge in [-0.05, 0) is 36.3 Å². The molecule has 1 aliphatic heterocycles. The molecule has 6 nitrogen and oxygen atoms in total. The summed E-state index contributed by atoms with van der Waals surface area (Å²) in [6, 6.07) is 0. The van der Waals surface area contributed by atoms with Crippen molar-refractivity contribution in [1.29, 1.82) is 0 Å². The standard InChI is InChI=1S/C18H38F2O6SSi2/c1-16(2,3)28(8,9)23-12-13-14(26-29(10,11)17(4,5)6)18(19,20)15(24-13)25-27(7,21)22/h13-15H,12H2,1-11H3. The van der Waals surface area contributed by atoms with Gasteiger partial charge >= 0.3 is 5.92 Å². The van der Waals surface area contributed by atoms with Crippen LogP contribution in [0.15, 0.2) is 0 Å². The van der Waals surface area contributed by atoms with Crippen molar-refractivity contribution in [1.82, 2.24) is 0 Å². The number of rotatable bonds is 7. The third kappa shape index (κ3) is 6.53. The van der Waals surface area contributed by atoms with Gasteiger partial charge in [-0.25, -0.2) is 4.18 Å². The van der Waals surface area contributed by atoms with Crippen LogP contribution in [0.3, 0.4) is 0 Å². The van der Waals surface area contributed by atoms with Gasteiger partial charge in [0.2, 0.25) is 6.29 Å². The topological polar surface area (TPSA) is 71.1 Å². The summed E-state index contributed by atoms with van der Waals surface area (Å²) in [5.41, 5.74) is 0. The molecule has 1 saturated heterocycles. The Morgan fingerprint density at radius 3 is 1.79 bits per heavy atom. The van der Waals surface area contributed by atoms with E-state index < -0.39 is 51.2 Å². The van der Waals surface area contributed by atoms with Gasteiger partial charge in [0.15, 0.2) is 16.6 Å². The minimum Gasteiger partial charge on any atom is -0.414 e. The van der Waals surface area contributed by atoms with E-state index in [4.69, 9.17) is 13.6 Å². The normalized spacial score (nSPS) is 26.7. The molecule has 0 aliphatic carbocycles. The average Bonchev–Trinajstić information content (AvgIpc) is 2.64. The van der Waals surface area contributed by atoms with E-state index in [0.717, 1.165) is 6.26 Å². The van der Waals surface area contributed by atoms with Crippen LogP contribution in [0, 0.1) is 0 Å². The first-order valence-corrected chi connectivity index (χ1v) is 17.4. The molecule has 3 unspecified atom stereocenters. The van der Waals surface area contributed by atoms with Crippen molar-refractivity contribution in [3.8, 4) is 0 Å². The molecule has 11 heteroatoms. The Bertz CT molecular complexity index is 683. The summed E-state index contributed by atoms with van der Waals surface area (Å²) < 4.78 is 75.4. The molecule has 0 aromatic carbocycles. The largest absolute Gasteiger partial charge is 0.414 e. The van der Waals surface area contributed by atoms with E-state index in [1.807, 2.05) is 67.7 Å². The van der Waals surface area contributed by atoms with Crippen molar-refractivity contribution in [3.63, 3.8) is 0 Å². The van der Waals surface area contributed by atoms with Crippen LogP contribution in [0.5, 0.6) is 0 Å². The lowest BCUT2D eigenvalue weighted by molar-refractivity contribution is -0.181. The van der Waals surface area contributed by atoms with E-state index in [9.17, 15) is 8.42 Å². The summed E-state index contributed by atoms with van der Waals surface area (Å²) >= 11 is 0. The summed E-state index contributed by atoms with van der Waals surface area (Å²) in [7, 11) is -9.00. The van der Waals surface area contributed by atoms with Gasteiger partial charge in [0, 0.05) is 0 Å². The highest BCUT2D eigenvalue weighted by molar-refractivity contribution is 7.86. The first-order valence-electron chi connectivity index (χ1n) is 9.74. The number of ether oxygens (including phenoxy) is 1. The molecule has 0 saturated carbocycles. The van der Waals surface area contributed by atoms with Gasteiger partial charge in [0.1, 0.15) is 12.2 Å². The Hall–Kier alpha value is 0.0838. The molecule has 3 atom stereocenters. The molecule has 0 radical (unpaired) electrons. The van der Waals surface area contributed by atoms with E-state index >= 15 is 8.78 Å². The van der Waals surface area contributed by atoms with Gasteiger partial charge in [0.05, 0.1) is 12.9 Å². The zero-order valence-electron chi connectivity index (χ0n) is 19.6. The van der Waals surface area contributed by atoms with Crippen molar-refractivity contribution in [2.24, 2.45) is 0 Å². The van der Waals surface area contributed by atoms with Crippen molar-refractivity contribution in [2.45, 2.75) is 102 Å². The smallest absolute Gasteiger partial charge is 0.325 e. The molecule has 1 heterocycles. The molecule has 0 amide bonds. The molecule has 0 N–H and O–H groups in total. The fourth-order valence-corrected chi connectivity index (χ4v) is 5.03. The summed E-state index contributed by atoms with van der Waals surface area (Å²) in [5, 5.41) is -0.434. The number of hydrogen-bond donors (Lipinski definition) is 0. The Morgan fingerprint density at radius 2 is 1.41 bits per heavy atom. The van der Waals surface area contributed by atoms with Crippen LogP contribution < -0.4 is 0 Å². The molecule has 0 aromatic heterocycles. The van der Waals surface area contributed by atoms with Crippen LogP contribution in [0.1, 0.15) is 41.5 Å². The maximum absolute atomic E-state index is 15.2. The lowest BCUT2D eigenvalue weighted by atomic mass is 10.1. The fraction of sp³-hybridized carbons (Fsp3) is 1.00. The van der Waals surface area contributed by atoms with Crippen LogP contribution in [-0.4, -0.2) is 62.3 Å². The molecule has 1 fully saturated rings. The maximum atomic E-state index is 15.2. The quantitative estimate of drug-likeness (QED) is 0.391. The van der Waals surface area contributed by atoms with Gasteiger partial charge in [-0.3, -0.25) is 0 Å². The van der Waals surface area contributed by atoms with Crippen molar-refractivity contribution in [2.75, 3.05) is 12.9 Å². The highest BCUT2D eigenvalue weighted by atomic mass is 32.2. The second-order valence-electron chi connectivity index (χ2n) is 10.9. The Labute approximate surface area is 177 Å². The molecule has 174 valence electrons. The minimum absolute atomic E-state index is 0.116. The average molecular weight is 477 g/mol. The van der Waals surface area contributed by atoms with Gasteiger partial charge in [0.25, 0.3) is 10.1 Å². The van der Waals surface area contributed by atoms with Crippen molar-refractivity contribution >= 4 is 26.8 Å². The first kappa shape index (κ1) is 27.1. The van der Waals surface area contributed by atoms with Crippen molar-refractivity contribution in [3.05, 3.63) is 0 Å². The summed E-state index contributed by atoms with van der Waals surface area (Å²) in [6.45, 7) is 19.6. The molecular formula is C18H38F2O6SSi2. The lowest BCUT2D eigenvalue weighted by Gasteiger charge is -2.41. The number of alkyl halides is 2. The summed E-state index contributed by atoms with van der Waals surface area (Å²) in [6.07, 6.45) is -4.31. The van der Waals surface area contributed by atoms with E-state index in [2.05, 4.69) is 4.18 Å². The van der Waals surface area contributed by atoms with Gasteiger partial charge in [-0.2, -0.15) is 17.2 Å². The molecule has 0 aromatic rings. The van der Waals surface area contributed by atoms with E-state index in [1.165, 1.54) is 0 Å². The molecule has 0 bridgehead atoms. The maximum Gasteiger partial charge on any atom is 0.325 e. The number of hydrogen-bond acceptors (Lipinski definition) is 6. The predicted molar refractivity (Wildman–Crippen MR) is 115 cm³/mol. The van der Waals surface area contributed by atoms with Crippen LogP contribution in [0.4, 0.5) is 8.78 Å². The van der Waals surface area contributed by atoms with Gasteiger partial charge < -0.3 is 13.6 Å². The monoisotopic (exact) mass is 476 g/mol. The van der Waals surface area contributed by atoms with Crippen LogP contribution >= 0.6 is 0 Å². The first-order chi connectivity index (χ1) is 12.5. The Kier molecular flexibility index (Phi) is 7.68. The van der Waals surface area contributed by atoms with Gasteiger partial charge in [-0.1, -0.05) is 41.5 Å². The second kappa shape index (κ2) is 8.21. The lowest BCUT2D eigenvalue weighted by Crippen LogP contribution is -2.53. The zero-order valence-corrected chi connectivity index (χ0v) is 22.4. The van der Waals surface area contributed by atoms with Gasteiger partial charge in [-0.15, -0.1) is 0 Å². The Balaban J connectivity index is 3.21. The molecular weight excluding hydrogens is 438 g/mol. The van der Waals surface area contributed by atoms with Crippen LogP contribution in [0.2, 0.25) is 36.3 Å². The third-order valence-electron chi connectivity index (χ3n) is 6.23. The van der Waals surface area contributed by atoms with Crippen LogP contribution in [-0.2, 0) is 27.9 Å². The van der Waals surface area contributed by atoms with Crippen LogP contribution in [0.25, 0.3) is 0 Å². The highest BCUT2D eigenvalue weighted by Crippen LogP contribution is 2.46. The summed E-state index contributed by atoms with van der Waals surface area (Å²) in [5.74, 6) is -3.64. The predicted octanol–water partition coefficient (Wildman–Crippen LogP) is 4.74.